The maximum Gasteiger partial charge on any atom is 0.573 e. The highest BCUT2D eigenvalue weighted by Gasteiger charge is 2.34. The molecule has 94 valence electrons. The smallest absolute Gasteiger partial charge is 0.462 e. The zero-order chi connectivity index (χ0) is 13.1. The quantitative estimate of drug-likeness (QED) is 0.613. The summed E-state index contributed by atoms with van der Waals surface area (Å²) in [6, 6.07) is 2.83. The third-order valence-electron chi connectivity index (χ3n) is 1.68. The van der Waals surface area contributed by atoms with E-state index in [9.17, 15) is 22.4 Å². The molecule has 17 heavy (non-hydrogen) atoms. The molecular formula is C10H8F4O3. The molecule has 0 spiro atoms. The summed E-state index contributed by atoms with van der Waals surface area (Å²) in [6.45, 7) is 1.43. The SMILES string of the molecule is CCOC(=O)c1cccc(F)c1OC(F)(F)F. The Bertz CT molecular complexity index is 415. The summed E-state index contributed by atoms with van der Waals surface area (Å²) in [4.78, 5) is 11.3. The van der Waals surface area contributed by atoms with Gasteiger partial charge in [-0.25, -0.2) is 9.18 Å². The first-order chi connectivity index (χ1) is 7.85. The molecule has 7 heteroatoms. The topological polar surface area (TPSA) is 35.5 Å². The molecule has 0 saturated carbocycles. The molecule has 0 aliphatic rings. The first-order valence-corrected chi connectivity index (χ1v) is 4.56. The van der Waals surface area contributed by atoms with Crippen molar-refractivity contribution in [2.75, 3.05) is 6.61 Å². The first-order valence-electron chi connectivity index (χ1n) is 4.56. The molecule has 1 aromatic carbocycles. The van der Waals surface area contributed by atoms with Crippen LogP contribution in [-0.2, 0) is 4.74 Å². The minimum Gasteiger partial charge on any atom is -0.462 e. The van der Waals surface area contributed by atoms with Gasteiger partial charge in [-0.05, 0) is 19.1 Å². The number of alkyl halides is 3. The molecule has 0 unspecified atom stereocenters. The molecule has 0 fully saturated rings. The van der Waals surface area contributed by atoms with Crippen LogP contribution in [0.15, 0.2) is 18.2 Å². The van der Waals surface area contributed by atoms with Gasteiger partial charge in [-0.2, -0.15) is 0 Å². The van der Waals surface area contributed by atoms with Crippen molar-refractivity contribution in [1.82, 2.24) is 0 Å². The van der Waals surface area contributed by atoms with Gasteiger partial charge in [0, 0.05) is 0 Å². The minimum absolute atomic E-state index is 0.0409. The van der Waals surface area contributed by atoms with Crippen molar-refractivity contribution in [2.24, 2.45) is 0 Å². The van der Waals surface area contributed by atoms with Crippen molar-refractivity contribution >= 4 is 5.97 Å². The molecule has 0 N–H and O–H groups in total. The normalized spacial score (nSPS) is 11.1. The lowest BCUT2D eigenvalue weighted by Crippen LogP contribution is -2.20. The Kier molecular flexibility index (Phi) is 3.93. The van der Waals surface area contributed by atoms with Gasteiger partial charge in [-0.1, -0.05) is 6.07 Å². The summed E-state index contributed by atoms with van der Waals surface area (Å²) in [5.41, 5.74) is -0.607. The van der Waals surface area contributed by atoms with Crippen molar-refractivity contribution in [3.8, 4) is 5.75 Å². The lowest BCUT2D eigenvalue weighted by molar-refractivity contribution is -0.275. The molecule has 0 radical (unpaired) electrons. The predicted molar refractivity (Wildman–Crippen MR) is 49.0 cm³/mol. The standard InChI is InChI=1S/C10H8F4O3/c1-2-16-9(15)6-4-3-5-7(11)8(6)17-10(12,13)14/h3-5H,2H2,1H3. The Balaban J connectivity index is 3.13. The number of halogens is 4. The van der Waals surface area contributed by atoms with Crippen LogP contribution in [0, 0.1) is 5.82 Å². The number of esters is 1. The highest BCUT2D eigenvalue weighted by Crippen LogP contribution is 2.29. The highest BCUT2D eigenvalue weighted by molar-refractivity contribution is 5.92. The van der Waals surface area contributed by atoms with E-state index in [4.69, 9.17) is 0 Å². The lowest BCUT2D eigenvalue weighted by Gasteiger charge is -2.12. The lowest BCUT2D eigenvalue weighted by atomic mass is 10.2. The summed E-state index contributed by atoms with van der Waals surface area (Å²) in [6.07, 6.45) is -5.08. The monoisotopic (exact) mass is 252 g/mol. The van der Waals surface area contributed by atoms with Gasteiger partial charge in [0.15, 0.2) is 11.6 Å². The molecule has 0 atom stereocenters. The number of para-hydroxylation sites is 1. The molecule has 0 bridgehead atoms. The van der Waals surface area contributed by atoms with Gasteiger partial charge in [-0.15, -0.1) is 13.2 Å². The third-order valence-corrected chi connectivity index (χ3v) is 1.68. The summed E-state index contributed by atoms with van der Waals surface area (Å²) in [5, 5.41) is 0. The van der Waals surface area contributed by atoms with Crippen LogP contribution in [0.1, 0.15) is 17.3 Å². The van der Waals surface area contributed by atoms with Crippen LogP contribution in [0.5, 0.6) is 5.75 Å². The van der Waals surface area contributed by atoms with Crippen LogP contribution in [0.25, 0.3) is 0 Å². The van der Waals surface area contributed by atoms with Crippen molar-refractivity contribution in [1.29, 1.82) is 0 Å². The summed E-state index contributed by atoms with van der Waals surface area (Å²) in [7, 11) is 0. The fraction of sp³-hybridized carbons (Fsp3) is 0.300. The van der Waals surface area contributed by atoms with E-state index < -0.39 is 29.5 Å². The molecule has 0 amide bonds. The number of rotatable bonds is 3. The number of hydrogen-bond acceptors (Lipinski definition) is 3. The zero-order valence-corrected chi connectivity index (χ0v) is 8.68. The number of carbonyl (C=O) groups excluding carboxylic acids is 1. The van der Waals surface area contributed by atoms with Gasteiger partial charge in [0.2, 0.25) is 0 Å². The second-order valence-corrected chi connectivity index (χ2v) is 2.88. The van der Waals surface area contributed by atoms with E-state index in [-0.39, 0.29) is 6.61 Å². The van der Waals surface area contributed by atoms with Gasteiger partial charge >= 0.3 is 12.3 Å². The molecular weight excluding hydrogens is 244 g/mol. The first kappa shape index (κ1) is 13.3. The molecule has 0 heterocycles. The van der Waals surface area contributed by atoms with Gasteiger partial charge in [-0.3, -0.25) is 0 Å². The van der Waals surface area contributed by atoms with Crippen molar-refractivity contribution < 1.29 is 31.8 Å². The third kappa shape index (κ3) is 3.61. The summed E-state index contributed by atoms with van der Waals surface area (Å²) >= 11 is 0. The Morgan fingerprint density at radius 2 is 2.00 bits per heavy atom. The molecule has 1 rings (SSSR count). The van der Waals surface area contributed by atoms with Crippen LogP contribution >= 0.6 is 0 Å². The van der Waals surface area contributed by atoms with E-state index in [0.29, 0.717) is 0 Å². The van der Waals surface area contributed by atoms with Crippen LogP contribution < -0.4 is 4.74 Å². The van der Waals surface area contributed by atoms with E-state index in [1.807, 2.05) is 0 Å². The molecule has 0 aromatic heterocycles. The largest absolute Gasteiger partial charge is 0.573 e. The molecule has 0 saturated heterocycles. The second kappa shape index (κ2) is 5.03. The fourth-order valence-electron chi connectivity index (χ4n) is 1.10. The van der Waals surface area contributed by atoms with Crippen molar-refractivity contribution in [2.45, 2.75) is 13.3 Å². The Morgan fingerprint density at radius 1 is 1.35 bits per heavy atom. The van der Waals surface area contributed by atoms with Crippen LogP contribution in [-0.4, -0.2) is 18.9 Å². The number of hydrogen-bond donors (Lipinski definition) is 0. The Morgan fingerprint density at radius 3 is 2.53 bits per heavy atom. The second-order valence-electron chi connectivity index (χ2n) is 2.88. The maximum atomic E-state index is 13.1. The summed E-state index contributed by atoms with van der Waals surface area (Å²) < 4.78 is 57.1. The highest BCUT2D eigenvalue weighted by atomic mass is 19.4. The van der Waals surface area contributed by atoms with Crippen molar-refractivity contribution in [3.05, 3.63) is 29.6 Å². The van der Waals surface area contributed by atoms with E-state index in [1.54, 1.807) is 0 Å². The Labute approximate surface area is 93.9 Å². The summed E-state index contributed by atoms with van der Waals surface area (Å²) in [5.74, 6) is -3.54. The minimum atomic E-state index is -5.08. The zero-order valence-electron chi connectivity index (χ0n) is 8.68. The molecule has 0 aliphatic carbocycles. The molecule has 3 nitrogen and oxygen atoms in total. The van der Waals surface area contributed by atoms with Crippen LogP contribution in [0.3, 0.4) is 0 Å². The average molecular weight is 252 g/mol. The van der Waals surface area contributed by atoms with Crippen LogP contribution in [0.4, 0.5) is 17.6 Å². The Hall–Kier alpha value is -1.79. The van der Waals surface area contributed by atoms with E-state index in [0.717, 1.165) is 18.2 Å². The van der Waals surface area contributed by atoms with Crippen molar-refractivity contribution in [3.63, 3.8) is 0 Å². The van der Waals surface area contributed by atoms with E-state index in [1.165, 1.54) is 6.92 Å². The van der Waals surface area contributed by atoms with Crippen LogP contribution in [0.2, 0.25) is 0 Å². The van der Waals surface area contributed by atoms with Gasteiger partial charge in [0.1, 0.15) is 5.56 Å². The number of ether oxygens (including phenoxy) is 2. The fourth-order valence-corrected chi connectivity index (χ4v) is 1.10. The van der Waals surface area contributed by atoms with Gasteiger partial charge < -0.3 is 9.47 Å². The van der Waals surface area contributed by atoms with E-state index >= 15 is 0 Å². The molecule has 0 aliphatic heterocycles. The van der Waals surface area contributed by atoms with Gasteiger partial charge in [0.05, 0.1) is 6.61 Å². The van der Waals surface area contributed by atoms with E-state index in [2.05, 4.69) is 9.47 Å². The number of carbonyl (C=O) groups is 1. The predicted octanol–water partition coefficient (Wildman–Crippen LogP) is 2.90. The molecule has 1 aromatic rings. The number of benzene rings is 1. The maximum absolute atomic E-state index is 13.1. The van der Waals surface area contributed by atoms with Gasteiger partial charge in [0.25, 0.3) is 0 Å². The average Bonchev–Trinajstić information content (AvgIpc) is 2.19.